The van der Waals surface area contributed by atoms with Gasteiger partial charge in [0, 0.05) is 12.8 Å². The van der Waals surface area contributed by atoms with Crippen molar-refractivity contribution in [1.29, 1.82) is 0 Å². The number of rotatable bonds is 46. The monoisotopic (exact) mass is 883 g/mol. The molecule has 0 aromatic rings. The molecular formula is C50H91O10P. The fourth-order valence-electron chi connectivity index (χ4n) is 6.72. The van der Waals surface area contributed by atoms with Gasteiger partial charge in [-0.2, -0.15) is 0 Å². The van der Waals surface area contributed by atoms with Crippen LogP contribution >= 0.6 is 7.82 Å². The third-order valence-corrected chi connectivity index (χ3v) is 11.4. The molecule has 0 bridgehead atoms. The van der Waals surface area contributed by atoms with Crippen molar-refractivity contribution in [3.8, 4) is 0 Å². The van der Waals surface area contributed by atoms with Crippen LogP contribution in [0.2, 0.25) is 0 Å². The zero-order chi connectivity index (χ0) is 44.8. The molecule has 10 nitrogen and oxygen atoms in total. The highest BCUT2D eigenvalue weighted by atomic mass is 31.2. The van der Waals surface area contributed by atoms with E-state index in [1.54, 1.807) is 0 Å². The molecule has 61 heavy (non-hydrogen) atoms. The Bertz CT molecular complexity index is 1150. The molecule has 11 heteroatoms. The topological polar surface area (TPSA) is 149 Å². The van der Waals surface area contributed by atoms with Crippen LogP contribution in [0.3, 0.4) is 0 Å². The molecule has 0 saturated heterocycles. The summed E-state index contributed by atoms with van der Waals surface area (Å²) in [4.78, 5) is 35.1. The van der Waals surface area contributed by atoms with E-state index >= 15 is 0 Å². The zero-order valence-electron chi connectivity index (χ0n) is 38.9. The average molecular weight is 883 g/mol. The predicted octanol–water partition coefficient (Wildman–Crippen LogP) is 13.7. The summed E-state index contributed by atoms with van der Waals surface area (Å²) in [7, 11) is -4.63. The first-order valence-electron chi connectivity index (χ1n) is 24.6. The largest absolute Gasteiger partial charge is 0.472 e. The first kappa shape index (κ1) is 58.9. The maximum atomic E-state index is 12.6. The number of aliphatic hydroxyl groups is 2. The second-order valence-corrected chi connectivity index (χ2v) is 17.9. The van der Waals surface area contributed by atoms with Crippen molar-refractivity contribution in [2.24, 2.45) is 0 Å². The molecule has 0 radical (unpaired) electrons. The molecular weight excluding hydrogens is 792 g/mol. The molecule has 0 aromatic heterocycles. The lowest BCUT2D eigenvalue weighted by Crippen LogP contribution is -2.29. The summed E-state index contributed by atoms with van der Waals surface area (Å²) in [6.07, 6.45) is 51.0. The van der Waals surface area contributed by atoms with E-state index in [1.165, 1.54) is 116 Å². The van der Waals surface area contributed by atoms with Gasteiger partial charge < -0.3 is 24.6 Å². The Morgan fingerprint density at radius 1 is 0.508 bits per heavy atom. The van der Waals surface area contributed by atoms with Gasteiger partial charge in [0.05, 0.1) is 19.8 Å². The third-order valence-electron chi connectivity index (χ3n) is 10.5. The van der Waals surface area contributed by atoms with Crippen LogP contribution in [0.4, 0.5) is 0 Å². The molecule has 0 amide bonds. The standard InChI is InChI=1S/C50H91O10P/c1-3-5-7-9-11-13-15-17-19-20-21-22-23-24-25-26-28-30-32-34-36-38-40-42-50(54)60-48(46-59-61(55,56)58-44-47(52)43-51)45-57-49(53)41-39-37-35-33-31-29-27-18-16-14-12-10-8-6-4-2/h6,8,12,14,18,27,34,36,47-48,51-52H,3-5,7,9-11,13,15-17,19-26,28-33,35,37-46H2,1-2H3,(H,55,56)/b8-6+,14-12+,27-18+,36-34+/t47-,48+/m0/s1. The van der Waals surface area contributed by atoms with Crippen LogP contribution < -0.4 is 0 Å². The van der Waals surface area contributed by atoms with Gasteiger partial charge in [0.15, 0.2) is 6.10 Å². The van der Waals surface area contributed by atoms with Gasteiger partial charge in [0.2, 0.25) is 0 Å². The SMILES string of the molecule is CC/C=C/C/C=C/C/C=C/CCCCCCCC(=O)OC[C@H](COP(=O)(O)OC[C@@H](O)CO)OC(=O)CCC/C=C/CCCCCCCCCCCCCCCCCCCC. The van der Waals surface area contributed by atoms with Crippen LogP contribution in [0, 0.1) is 0 Å². The molecule has 0 saturated carbocycles. The van der Waals surface area contributed by atoms with Crippen LogP contribution in [-0.4, -0.2) is 65.7 Å². The van der Waals surface area contributed by atoms with Gasteiger partial charge in [-0.05, 0) is 64.2 Å². The van der Waals surface area contributed by atoms with E-state index in [0.717, 1.165) is 64.2 Å². The summed E-state index contributed by atoms with van der Waals surface area (Å²) >= 11 is 0. The number of allylic oxidation sites excluding steroid dienone is 8. The van der Waals surface area contributed by atoms with E-state index in [9.17, 15) is 24.2 Å². The van der Waals surface area contributed by atoms with Gasteiger partial charge in [0.25, 0.3) is 0 Å². The molecule has 356 valence electrons. The number of phosphoric acid groups is 1. The lowest BCUT2D eigenvalue weighted by Gasteiger charge is -2.20. The van der Waals surface area contributed by atoms with Crippen molar-refractivity contribution in [2.75, 3.05) is 26.4 Å². The number of carbonyl (C=O) groups is 2. The number of carbonyl (C=O) groups excluding carboxylic acids is 2. The minimum absolute atomic E-state index is 0.133. The average Bonchev–Trinajstić information content (AvgIpc) is 3.25. The molecule has 0 aliphatic carbocycles. The Morgan fingerprint density at radius 3 is 1.43 bits per heavy atom. The van der Waals surface area contributed by atoms with Gasteiger partial charge >= 0.3 is 19.8 Å². The summed E-state index contributed by atoms with van der Waals surface area (Å²) in [5.74, 6) is -0.978. The van der Waals surface area contributed by atoms with Crippen molar-refractivity contribution in [2.45, 2.75) is 232 Å². The zero-order valence-corrected chi connectivity index (χ0v) is 39.8. The highest BCUT2D eigenvalue weighted by Gasteiger charge is 2.27. The van der Waals surface area contributed by atoms with Gasteiger partial charge in [0.1, 0.15) is 12.7 Å². The van der Waals surface area contributed by atoms with Crippen molar-refractivity contribution < 1.29 is 47.8 Å². The Kier molecular flexibility index (Phi) is 44.4. The minimum atomic E-state index is -4.63. The quantitative estimate of drug-likeness (QED) is 0.0233. The van der Waals surface area contributed by atoms with Crippen LogP contribution in [0.5, 0.6) is 0 Å². The summed E-state index contributed by atoms with van der Waals surface area (Å²) < 4.78 is 32.8. The first-order valence-corrected chi connectivity index (χ1v) is 26.1. The fourth-order valence-corrected chi connectivity index (χ4v) is 7.51. The molecule has 3 atom stereocenters. The number of hydrogen-bond donors (Lipinski definition) is 3. The van der Waals surface area contributed by atoms with Gasteiger partial charge in [-0.1, -0.05) is 191 Å². The molecule has 0 spiro atoms. The molecule has 0 fully saturated rings. The van der Waals surface area contributed by atoms with Crippen LogP contribution in [0.15, 0.2) is 48.6 Å². The number of unbranched alkanes of at least 4 members (excludes halogenated alkanes) is 24. The minimum Gasteiger partial charge on any atom is -0.462 e. The lowest BCUT2D eigenvalue weighted by atomic mass is 10.0. The van der Waals surface area contributed by atoms with E-state index in [0.29, 0.717) is 12.8 Å². The van der Waals surface area contributed by atoms with E-state index in [-0.39, 0.29) is 19.4 Å². The number of hydrogen-bond acceptors (Lipinski definition) is 9. The van der Waals surface area contributed by atoms with E-state index in [2.05, 4.69) is 62.5 Å². The lowest BCUT2D eigenvalue weighted by molar-refractivity contribution is -0.161. The second-order valence-electron chi connectivity index (χ2n) is 16.5. The van der Waals surface area contributed by atoms with Crippen molar-refractivity contribution in [1.82, 2.24) is 0 Å². The Balaban J connectivity index is 4.21. The van der Waals surface area contributed by atoms with Crippen molar-refractivity contribution >= 4 is 19.8 Å². The number of esters is 2. The Hall–Kier alpha value is -2.07. The van der Waals surface area contributed by atoms with E-state index in [1.807, 2.05) is 0 Å². The van der Waals surface area contributed by atoms with Gasteiger partial charge in [-0.25, -0.2) is 4.57 Å². The summed E-state index contributed by atoms with van der Waals surface area (Å²) in [6.45, 7) is 2.24. The second kappa shape index (κ2) is 45.9. The van der Waals surface area contributed by atoms with Crippen LogP contribution in [-0.2, 0) is 32.7 Å². The summed E-state index contributed by atoms with van der Waals surface area (Å²) in [6, 6.07) is 0. The predicted molar refractivity (Wildman–Crippen MR) is 251 cm³/mol. The van der Waals surface area contributed by atoms with Crippen LogP contribution in [0.1, 0.15) is 219 Å². The summed E-state index contributed by atoms with van der Waals surface area (Å²) in [5.41, 5.74) is 0. The van der Waals surface area contributed by atoms with Gasteiger partial charge in [-0.3, -0.25) is 18.6 Å². The normalized spacial score (nSPS) is 14.1. The maximum absolute atomic E-state index is 12.6. The highest BCUT2D eigenvalue weighted by Crippen LogP contribution is 2.43. The Labute approximate surface area is 373 Å². The molecule has 0 aliphatic heterocycles. The third kappa shape index (κ3) is 45.8. The Morgan fingerprint density at radius 2 is 0.918 bits per heavy atom. The first-order chi connectivity index (χ1) is 29.7. The molecule has 0 aromatic carbocycles. The smallest absolute Gasteiger partial charge is 0.462 e. The highest BCUT2D eigenvalue weighted by molar-refractivity contribution is 7.47. The van der Waals surface area contributed by atoms with E-state index < -0.39 is 51.8 Å². The van der Waals surface area contributed by atoms with Crippen LogP contribution in [0.25, 0.3) is 0 Å². The van der Waals surface area contributed by atoms with E-state index in [4.69, 9.17) is 23.6 Å². The molecule has 0 aliphatic rings. The molecule has 3 N–H and O–H groups in total. The number of aliphatic hydroxyl groups excluding tert-OH is 2. The molecule has 0 heterocycles. The fraction of sp³-hybridized carbons (Fsp3) is 0.800. The van der Waals surface area contributed by atoms with Crippen molar-refractivity contribution in [3.63, 3.8) is 0 Å². The molecule has 1 unspecified atom stereocenters. The molecule has 0 rings (SSSR count). The summed E-state index contributed by atoms with van der Waals surface area (Å²) in [5, 5.41) is 18.4. The maximum Gasteiger partial charge on any atom is 0.472 e. The number of ether oxygens (including phenoxy) is 2. The van der Waals surface area contributed by atoms with Gasteiger partial charge in [-0.15, -0.1) is 0 Å². The number of phosphoric ester groups is 1. The van der Waals surface area contributed by atoms with Crippen molar-refractivity contribution in [3.05, 3.63) is 48.6 Å².